The summed E-state index contributed by atoms with van der Waals surface area (Å²) < 4.78 is 5.77. The first-order chi connectivity index (χ1) is 8.45. The highest BCUT2D eigenvalue weighted by Crippen LogP contribution is 2.40. The van der Waals surface area contributed by atoms with Crippen LogP contribution in [0.4, 0.5) is 5.69 Å². The summed E-state index contributed by atoms with van der Waals surface area (Å²) in [7, 11) is 0. The van der Waals surface area contributed by atoms with Crippen molar-refractivity contribution in [2.75, 3.05) is 11.9 Å². The Morgan fingerprint density at radius 3 is 2.83 bits per heavy atom. The number of ether oxygens (including phenoxy) is 1. The monoisotopic (exact) mass is 247 g/mol. The molecule has 0 amide bonds. The number of aliphatic hydroxyl groups is 1. The summed E-state index contributed by atoms with van der Waals surface area (Å²) in [5.74, 6) is 0. The van der Waals surface area contributed by atoms with E-state index in [1.165, 1.54) is 11.1 Å². The zero-order valence-electron chi connectivity index (χ0n) is 11.2. The van der Waals surface area contributed by atoms with Gasteiger partial charge < -0.3 is 15.2 Å². The molecule has 1 saturated heterocycles. The molecule has 2 bridgehead atoms. The lowest BCUT2D eigenvalue weighted by Crippen LogP contribution is -2.46. The molecule has 2 aliphatic heterocycles. The molecule has 2 N–H and O–H groups in total. The quantitative estimate of drug-likeness (QED) is 0.740. The second-order valence-electron chi connectivity index (χ2n) is 6.43. The van der Waals surface area contributed by atoms with Crippen LogP contribution in [0.25, 0.3) is 0 Å². The number of aliphatic hydroxyl groups excluding tert-OH is 1. The molecule has 1 aromatic carbocycles. The highest BCUT2D eigenvalue weighted by molar-refractivity contribution is 5.57. The first-order valence-corrected chi connectivity index (χ1v) is 6.66. The van der Waals surface area contributed by atoms with E-state index >= 15 is 0 Å². The van der Waals surface area contributed by atoms with E-state index in [2.05, 4.69) is 44.3 Å². The minimum absolute atomic E-state index is 0.136. The SMILES string of the molecule is CC(C)(C)c1ccc2c(c1)[C@@H]1C[C@@H](N2)[C@H](O)CO1. The van der Waals surface area contributed by atoms with E-state index in [1.54, 1.807) is 0 Å². The van der Waals surface area contributed by atoms with Crippen LogP contribution in [0, 0.1) is 0 Å². The third-order valence-electron chi connectivity index (χ3n) is 4.01. The van der Waals surface area contributed by atoms with Gasteiger partial charge in [-0.25, -0.2) is 0 Å². The van der Waals surface area contributed by atoms with Crippen molar-refractivity contribution in [3.63, 3.8) is 0 Å². The van der Waals surface area contributed by atoms with E-state index in [9.17, 15) is 5.11 Å². The average molecular weight is 247 g/mol. The molecule has 3 atom stereocenters. The second kappa shape index (κ2) is 3.97. The fourth-order valence-corrected chi connectivity index (χ4v) is 2.79. The van der Waals surface area contributed by atoms with Crippen LogP contribution < -0.4 is 5.32 Å². The molecule has 0 aliphatic carbocycles. The molecule has 3 rings (SSSR count). The Labute approximate surface area is 108 Å². The van der Waals surface area contributed by atoms with Gasteiger partial charge in [-0.05, 0) is 17.0 Å². The first-order valence-electron chi connectivity index (χ1n) is 6.66. The van der Waals surface area contributed by atoms with Crippen LogP contribution in [0.2, 0.25) is 0 Å². The molecule has 0 saturated carbocycles. The van der Waals surface area contributed by atoms with Crippen molar-refractivity contribution in [1.29, 1.82) is 0 Å². The minimum atomic E-state index is -0.392. The van der Waals surface area contributed by atoms with Gasteiger partial charge in [-0.2, -0.15) is 0 Å². The normalized spacial score (nSPS) is 30.6. The molecule has 2 heterocycles. The van der Waals surface area contributed by atoms with Crippen LogP contribution in [0.1, 0.15) is 44.4 Å². The van der Waals surface area contributed by atoms with Gasteiger partial charge in [-0.3, -0.25) is 0 Å². The van der Waals surface area contributed by atoms with E-state index < -0.39 is 6.10 Å². The number of benzene rings is 1. The highest BCUT2D eigenvalue weighted by atomic mass is 16.5. The van der Waals surface area contributed by atoms with Crippen molar-refractivity contribution < 1.29 is 9.84 Å². The molecule has 0 aromatic heterocycles. The minimum Gasteiger partial charge on any atom is -0.389 e. The lowest BCUT2D eigenvalue weighted by atomic mass is 9.82. The summed E-state index contributed by atoms with van der Waals surface area (Å²) >= 11 is 0. The first kappa shape index (κ1) is 12.0. The van der Waals surface area contributed by atoms with Gasteiger partial charge in [0.25, 0.3) is 0 Å². The Kier molecular flexibility index (Phi) is 2.65. The standard InChI is InChI=1S/C15H21NO2/c1-15(2,3)9-4-5-11-10(6-9)14-7-12(16-11)13(17)8-18-14/h4-6,12-14,16-17H,7-8H2,1-3H3/t12-,13-,14+/m1/s1. The molecule has 0 spiro atoms. The summed E-state index contributed by atoms with van der Waals surface area (Å²) in [6, 6.07) is 6.67. The molecule has 2 aliphatic rings. The van der Waals surface area contributed by atoms with Gasteiger partial charge in [-0.1, -0.05) is 32.9 Å². The van der Waals surface area contributed by atoms with Crippen molar-refractivity contribution in [3.05, 3.63) is 29.3 Å². The van der Waals surface area contributed by atoms with Gasteiger partial charge in [0.2, 0.25) is 0 Å². The lowest BCUT2D eigenvalue weighted by molar-refractivity contribution is -0.0672. The number of nitrogens with one attached hydrogen (secondary N) is 1. The predicted octanol–water partition coefficient (Wildman–Crippen LogP) is 2.60. The van der Waals surface area contributed by atoms with Crippen LogP contribution in [-0.2, 0) is 10.2 Å². The zero-order valence-corrected chi connectivity index (χ0v) is 11.2. The van der Waals surface area contributed by atoms with Gasteiger partial charge >= 0.3 is 0 Å². The van der Waals surface area contributed by atoms with Crippen LogP contribution in [0.5, 0.6) is 0 Å². The molecule has 1 aromatic rings. The topological polar surface area (TPSA) is 41.5 Å². The zero-order chi connectivity index (χ0) is 12.9. The third kappa shape index (κ3) is 1.91. The van der Waals surface area contributed by atoms with Gasteiger partial charge in [0.05, 0.1) is 24.9 Å². The van der Waals surface area contributed by atoms with E-state index in [4.69, 9.17) is 4.74 Å². The predicted molar refractivity (Wildman–Crippen MR) is 71.9 cm³/mol. The van der Waals surface area contributed by atoms with E-state index in [0.29, 0.717) is 6.61 Å². The lowest BCUT2D eigenvalue weighted by Gasteiger charge is -2.40. The Bertz CT molecular complexity index is 464. The van der Waals surface area contributed by atoms with E-state index in [-0.39, 0.29) is 17.6 Å². The molecular formula is C15H21NO2. The fourth-order valence-electron chi connectivity index (χ4n) is 2.79. The summed E-state index contributed by atoms with van der Waals surface area (Å²) in [5.41, 5.74) is 3.84. The highest BCUT2D eigenvalue weighted by Gasteiger charge is 2.36. The van der Waals surface area contributed by atoms with Crippen molar-refractivity contribution in [3.8, 4) is 0 Å². The van der Waals surface area contributed by atoms with Gasteiger partial charge in [0.15, 0.2) is 0 Å². The van der Waals surface area contributed by atoms with Crippen LogP contribution in [0.3, 0.4) is 0 Å². The number of rotatable bonds is 0. The summed E-state index contributed by atoms with van der Waals surface area (Å²) in [4.78, 5) is 0. The van der Waals surface area contributed by atoms with Crippen LogP contribution in [-0.4, -0.2) is 23.9 Å². The Morgan fingerprint density at radius 2 is 2.11 bits per heavy atom. The van der Waals surface area contributed by atoms with Crippen molar-refractivity contribution in [2.45, 2.75) is 50.9 Å². The van der Waals surface area contributed by atoms with Crippen LogP contribution in [0.15, 0.2) is 18.2 Å². The fraction of sp³-hybridized carbons (Fsp3) is 0.600. The smallest absolute Gasteiger partial charge is 0.0975 e. The summed E-state index contributed by atoms with van der Waals surface area (Å²) in [5, 5.41) is 13.3. The van der Waals surface area contributed by atoms with Gasteiger partial charge in [0.1, 0.15) is 0 Å². The molecule has 0 unspecified atom stereocenters. The Balaban J connectivity index is 2.00. The molecule has 1 fully saturated rings. The third-order valence-corrected chi connectivity index (χ3v) is 4.01. The Morgan fingerprint density at radius 1 is 1.33 bits per heavy atom. The molecule has 0 radical (unpaired) electrons. The number of hydrogen-bond acceptors (Lipinski definition) is 3. The number of anilines is 1. The van der Waals surface area contributed by atoms with Crippen molar-refractivity contribution in [1.82, 2.24) is 0 Å². The maximum Gasteiger partial charge on any atom is 0.0975 e. The Hall–Kier alpha value is -1.06. The molecule has 3 nitrogen and oxygen atoms in total. The van der Waals surface area contributed by atoms with Gasteiger partial charge in [-0.15, -0.1) is 0 Å². The maximum absolute atomic E-state index is 9.84. The number of fused-ring (bicyclic) bond motifs is 4. The molecule has 98 valence electrons. The molecular weight excluding hydrogens is 226 g/mol. The average Bonchev–Trinajstić information content (AvgIpc) is 2.32. The summed E-state index contributed by atoms with van der Waals surface area (Å²) in [6.45, 7) is 7.10. The van der Waals surface area contributed by atoms with Crippen molar-refractivity contribution in [2.24, 2.45) is 0 Å². The van der Waals surface area contributed by atoms with E-state index in [1.807, 2.05) is 0 Å². The van der Waals surface area contributed by atoms with Gasteiger partial charge in [0, 0.05) is 17.7 Å². The molecule has 3 heteroatoms. The van der Waals surface area contributed by atoms with Crippen molar-refractivity contribution >= 4 is 5.69 Å². The second-order valence-corrected chi connectivity index (χ2v) is 6.43. The summed E-state index contributed by atoms with van der Waals surface area (Å²) in [6.07, 6.45) is 0.607. The maximum atomic E-state index is 9.84. The number of hydrogen-bond donors (Lipinski definition) is 2. The van der Waals surface area contributed by atoms with Crippen LogP contribution >= 0.6 is 0 Å². The largest absolute Gasteiger partial charge is 0.389 e. The molecule has 18 heavy (non-hydrogen) atoms. The van der Waals surface area contributed by atoms with E-state index in [0.717, 1.165) is 12.1 Å².